The van der Waals surface area contributed by atoms with E-state index in [1.54, 1.807) is 11.8 Å². The van der Waals surface area contributed by atoms with Crippen molar-refractivity contribution in [3.8, 4) is 0 Å². The first-order valence-corrected chi connectivity index (χ1v) is 8.74. The molecule has 0 aromatic carbocycles. The van der Waals surface area contributed by atoms with E-state index in [1.807, 2.05) is 24.0 Å². The van der Waals surface area contributed by atoms with Gasteiger partial charge in [0.1, 0.15) is 16.9 Å². The minimum atomic E-state index is 0.0897. The largest absolute Gasteiger partial charge is 0.463 e. The highest BCUT2D eigenvalue weighted by Gasteiger charge is 2.32. The second-order valence-electron chi connectivity index (χ2n) is 5.42. The maximum absolute atomic E-state index is 12.3. The van der Waals surface area contributed by atoms with Gasteiger partial charge in [0.2, 0.25) is 5.91 Å². The summed E-state index contributed by atoms with van der Waals surface area (Å²) in [4.78, 5) is 14.3. The third-order valence-electron chi connectivity index (χ3n) is 3.71. The molecule has 1 aromatic rings. The number of hydrogen-bond donors (Lipinski definition) is 0. The molecule has 0 radical (unpaired) electrons. The van der Waals surface area contributed by atoms with Crippen LogP contribution in [0.3, 0.4) is 0 Å². The van der Waals surface area contributed by atoms with Crippen LogP contribution in [0.2, 0.25) is 0 Å². The lowest BCUT2D eigenvalue weighted by Gasteiger charge is -2.22. The zero-order valence-corrected chi connectivity index (χ0v) is 13.4. The van der Waals surface area contributed by atoms with Crippen LogP contribution >= 0.6 is 11.8 Å². The zero-order valence-electron chi connectivity index (χ0n) is 12.6. The molecular formula is C16H25NO2S. The fourth-order valence-corrected chi connectivity index (χ4v) is 3.79. The second-order valence-corrected chi connectivity index (χ2v) is 6.61. The van der Waals surface area contributed by atoms with Gasteiger partial charge in [0, 0.05) is 18.7 Å². The lowest BCUT2D eigenvalue weighted by atomic mass is 10.1. The molecule has 112 valence electrons. The molecule has 1 unspecified atom stereocenters. The van der Waals surface area contributed by atoms with Crippen molar-refractivity contribution in [3.63, 3.8) is 0 Å². The fraction of sp³-hybridized carbons (Fsp3) is 0.688. The molecule has 0 spiro atoms. The van der Waals surface area contributed by atoms with Gasteiger partial charge in [-0.1, -0.05) is 32.6 Å². The molecule has 1 aliphatic heterocycles. The van der Waals surface area contributed by atoms with E-state index in [0.717, 1.165) is 30.2 Å². The SMILES string of the molecule is CCCCCCCC(=O)N1CCSC1c1ccc(C)o1. The summed E-state index contributed by atoms with van der Waals surface area (Å²) in [6.45, 7) is 5.01. The van der Waals surface area contributed by atoms with Crippen molar-refractivity contribution in [3.05, 3.63) is 23.7 Å². The standard InChI is InChI=1S/C16H25NO2S/c1-3-4-5-6-7-8-15(18)17-11-12-20-16(17)14-10-9-13(2)19-14/h9-10,16H,3-8,11-12H2,1-2H3. The third kappa shape index (κ3) is 4.05. The summed E-state index contributed by atoms with van der Waals surface area (Å²) in [5.41, 5.74) is 0. The number of hydrogen-bond acceptors (Lipinski definition) is 3. The van der Waals surface area contributed by atoms with Gasteiger partial charge in [-0.15, -0.1) is 11.8 Å². The molecule has 0 saturated carbocycles. The summed E-state index contributed by atoms with van der Waals surface area (Å²) in [7, 11) is 0. The van der Waals surface area contributed by atoms with Crippen LogP contribution in [0.15, 0.2) is 16.5 Å². The smallest absolute Gasteiger partial charge is 0.223 e. The summed E-state index contributed by atoms with van der Waals surface area (Å²) in [5.74, 6) is 3.13. The van der Waals surface area contributed by atoms with E-state index in [9.17, 15) is 4.79 Å². The number of aryl methyl sites for hydroxylation is 1. The maximum atomic E-state index is 12.3. The summed E-state index contributed by atoms with van der Waals surface area (Å²) >= 11 is 1.80. The quantitative estimate of drug-likeness (QED) is 0.693. The van der Waals surface area contributed by atoms with E-state index >= 15 is 0 Å². The summed E-state index contributed by atoms with van der Waals surface area (Å²) in [6.07, 6.45) is 6.65. The van der Waals surface area contributed by atoms with Gasteiger partial charge < -0.3 is 9.32 Å². The average Bonchev–Trinajstić information content (AvgIpc) is 3.06. The van der Waals surface area contributed by atoms with E-state index in [0.29, 0.717) is 6.42 Å². The lowest BCUT2D eigenvalue weighted by molar-refractivity contribution is -0.131. The number of carbonyl (C=O) groups is 1. The summed E-state index contributed by atoms with van der Waals surface area (Å²) < 4.78 is 5.69. The number of thioether (sulfide) groups is 1. The molecule has 1 aliphatic rings. The van der Waals surface area contributed by atoms with Crippen molar-refractivity contribution in [1.82, 2.24) is 4.90 Å². The number of rotatable bonds is 7. The Hall–Kier alpha value is -0.900. The molecule has 4 heteroatoms. The topological polar surface area (TPSA) is 33.5 Å². The molecule has 0 bridgehead atoms. The van der Waals surface area contributed by atoms with Crippen LogP contribution in [0.5, 0.6) is 0 Å². The summed E-state index contributed by atoms with van der Waals surface area (Å²) in [5, 5.41) is 0.0897. The van der Waals surface area contributed by atoms with E-state index in [1.165, 1.54) is 25.7 Å². The molecular weight excluding hydrogens is 270 g/mol. The number of furan rings is 1. The molecule has 2 rings (SSSR count). The molecule has 0 N–H and O–H groups in total. The van der Waals surface area contributed by atoms with Crippen LogP contribution in [0, 0.1) is 6.92 Å². The van der Waals surface area contributed by atoms with Gasteiger partial charge in [0.05, 0.1) is 0 Å². The molecule has 1 aromatic heterocycles. The minimum Gasteiger partial charge on any atom is -0.463 e. The Balaban J connectivity index is 1.82. The predicted molar refractivity (Wildman–Crippen MR) is 83.7 cm³/mol. The Morgan fingerprint density at radius 1 is 1.35 bits per heavy atom. The van der Waals surface area contributed by atoms with Crippen LogP contribution in [-0.4, -0.2) is 23.1 Å². The highest BCUT2D eigenvalue weighted by Crippen LogP contribution is 2.39. The molecule has 1 atom stereocenters. The monoisotopic (exact) mass is 295 g/mol. The molecule has 20 heavy (non-hydrogen) atoms. The van der Waals surface area contributed by atoms with Crippen LogP contribution < -0.4 is 0 Å². The van der Waals surface area contributed by atoms with Gasteiger partial charge in [0.15, 0.2) is 0 Å². The van der Waals surface area contributed by atoms with Crippen molar-refractivity contribution >= 4 is 17.7 Å². The average molecular weight is 295 g/mol. The van der Waals surface area contributed by atoms with Gasteiger partial charge in [-0.05, 0) is 25.5 Å². The Morgan fingerprint density at radius 2 is 2.15 bits per heavy atom. The van der Waals surface area contributed by atoms with E-state index < -0.39 is 0 Å². The molecule has 1 fully saturated rings. The van der Waals surface area contributed by atoms with Crippen molar-refractivity contribution in [2.45, 2.75) is 57.7 Å². The van der Waals surface area contributed by atoms with Gasteiger partial charge in [-0.3, -0.25) is 4.79 Å². The normalized spacial score (nSPS) is 18.7. The van der Waals surface area contributed by atoms with Crippen molar-refractivity contribution < 1.29 is 9.21 Å². The number of amides is 1. The van der Waals surface area contributed by atoms with Gasteiger partial charge in [-0.25, -0.2) is 0 Å². The Kier molecular flexibility index (Phi) is 6.02. The van der Waals surface area contributed by atoms with Gasteiger partial charge >= 0.3 is 0 Å². The van der Waals surface area contributed by atoms with Crippen LogP contribution in [0.1, 0.15) is 62.3 Å². The number of carbonyl (C=O) groups excluding carboxylic acids is 1. The molecule has 1 amide bonds. The van der Waals surface area contributed by atoms with Crippen molar-refractivity contribution in [2.75, 3.05) is 12.3 Å². The van der Waals surface area contributed by atoms with E-state index in [4.69, 9.17) is 4.42 Å². The van der Waals surface area contributed by atoms with E-state index in [-0.39, 0.29) is 11.3 Å². The Bertz CT molecular complexity index is 430. The highest BCUT2D eigenvalue weighted by atomic mass is 32.2. The third-order valence-corrected chi connectivity index (χ3v) is 4.93. The van der Waals surface area contributed by atoms with Gasteiger partial charge in [0.25, 0.3) is 0 Å². The fourth-order valence-electron chi connectivity index (χ4n) is 2.57. The number of unbranched alkanes of at least 4 members (excludes halogenated alkanes) is 4. The first-order chi connectivity index (χ1) is 9.72. The molecule has 2 heterocycles. The van der Waals surface area contributed by atoms with Crippen molar-refractivity contribution in [1.29, 1.82) is 0 Å². The minimum absolute atomic E-state index is 0.0897. The summed E-state index contributed by atoms with van der Waals surface area (Å²) in [6, 6.07) is 3.97. The van der Waals surface area contributed by atoms with E-state index in [2.05, 4.69) is 6.92 Å². The highest BCUT2D eigenvalue weighted by molar-refractivity contribution is 7.99. The van der Waals surface area contributed by atoms with Crippen LogP contribution in [0.4, 0.5) is 0 Å². The Labute approximate surface area is 126 Å². The lowest BCUT2D eigenvalue weighted by Crippen LogP contribution is -2.29. The Morgan fingerprint density at radius 3 is 2.85 bits per heavy atom. The second kappa shape index (κ2) is 7.77. The first kappa shape index (κ1) is 15.5. The van der Waals surface area contributed by atoms with Gasteiger partial charge in [-0.2, -0.15) is 0 Å². The molecule has 0 aliphatic carbocycles. The molecule has 3 nitrogen and oxygen atoms in total. The maximum Gasteiger partial charge on any atom is 0.223 e. The molecule has 1 saturated heterocycles. The van der Waals surface area contributed by atoms with Crippen molar-refractivity contribution in [2.24, 2.45) is 0 Å². The zero-order chi connectivity index (χ0) is 14.4. The predicted octanol–water partition coefficient (Wildman–Crippen LogP) is 4.52. The van der Waals surface area contributed by atoms with Crippen LogP contribution in [0.25, 0.3) is 0 Å². The van der Waals surface area contributed by atoms with Crippen LogP contribution in [-0.2, 0) is 4.79 Å². The first-order valence-electron chi connectivity index (χ1n) is 7.69. The number of nitrogens with zero attached hydrogens (tertiary/aromatic N) is 1.